The van der Waals surface area contributed by atoms with E-state index in [1.807, 2.05) is 12.1 Å². The number of carbonyl (C=O) groups excluding carboxylic acids is 2. The van der Waals surface area contributed by atoms with Gasteiger partial charge in [-0.25, -0.2) is 0 Å². The molecule has 0 N–H and O–H groups in total. The number of hydrogen-bond donors (Lipinski definition) is 0. The van der Waals surface area contributed by atoms with Crippen LogP contribution in [-0.4, -0.2) is 44.9 Å². The fourth-order valence-corrected chi connectivity index (χ4v) is 1.96. The largest absolute Gasteiger partial charge is 0.291 e. The van der Waals surface area contributed by atoms with Gasteiger partial charge in [0.1, 0.15) is 0 Å². The molecule has 0 aliphatic rings. The third-order valence-electron chi connectivity index (χ3n) is 2.51. The van der Waals surface area contributed by atoms with Crippen LogP contribution in [-0.2, 0) is 0 Å². The van der Waals surface area contributed by atoms with Crippen LogP contribution in [0.25, 0.3) is 0 Å². The number of benzene rings is 2. The third-order valence-corrected chi connectivity index (χ3v) is 3.31. The van der Waals surface area contributed by atoms with Crippen molar-refractivity contribution in [3.8, 4) is 0 Å². The number of hydrogen-bond acceptors (Lipinski definition) is 2. The summed E-state index contributed by atoms with van der Waals surface area (Å²) in [6, 6.07) is 17.4. The van der Waals surface area contributed by atoms with Gasteiger partial charge in [0.25, 0.3) is 0 Å². The first-order chi connectivity index (χ1) is 10.4. The molecule has 23 heavy (non-hydrogen) atoms. The van der Waals surface area contributed by atoms with Crippen molar-refractivity contribution in [2.75, 3.05) is 0 Å². The van der Waals surface area contributed by atoms with Gasteiger partial charge in [0, 0.05) is 34.8 Å². The third kappa shape index (κ3) is 8.40. The molecule has 0 fully saturated rings. The molecule has 0 saturated heterocycles. The Labute approximate surface area is 171 Å². The molecular weight excluding hydrogens is 494 g/mol. The monoisotopic (exact) mass is 506 g/mol. The van der Waals surface area contributed by atoms with Crippen LogP contribution in [0.15, 0.2) is 60.7 Å². The Morgan fingerprint density at radius 1 is 0.609 bits per heavy atom. The minimum Gasteiger partial charge on any atom is -0.291 e. The molecule has 2 aromatic carbocycles. The van der Waals surface area contributed by atoms with E-state index >= 15 is 0 Å². The zero-order valence-electron chi connectivity index (χ0n) is 11.7. The molecule has 0 amide bonds. The van der Waals surface area contributed by atoms with Gasteiger partial charge in [-0.3, -0.25) is 9.59 Å². The summed E-state index contributed by atoms with van der Waals surface area (Å²) < 4.78 is 0. The van der Waals surface area contributed by atoms with E-state index in [-0.39, 0.29) is 35.2 Å². The van der Waals surface area contributed by atoms with Gasteiger partial charge in [0.05, 0.1) is 0 Å². The minimum absolute atomic E-state index is 0. The van der Waals surface area contributed by atoms with E-state index in [9.17, 15) is 9.59 Å². The Bertz CT molecular complexity index is 548. The average Bonchev–Trinajstić information content (AvgIpc) is 2.55. The van der Waals surface area contributed by atoms with E-state index in [0.717, 1.165) is 0 Å². The van der Waals surface area contributed by atoms with Crippen molar-refractivity contribution < 1.29 is 9.59 Å². The topological polar surface area (TPSA) is 34.1 Å². The van der Waals surface area contributed by atoms with Crippen LogP contribution in [0.5, 0.6) is 0 Å². The normalized spacial score (nSPS) is 9.65. The van der Waals surface area contributed by atoms with E-state index in [1.54, 1.807) is 48.5 Å². The van der Waals surface area contributed by atoms with Crippen LogP contribution >= 0.6 is 46.4 Å². The second-order valence-corrected chi connectivity index (χ2v) is 6.25. The van der Waals surface area contributed by atoms with Crippen molar-refractivity contribution in [2.45, 2.75) is 9.67 Å². The molecule has 0 unspecified atom stereocenters. The number of Topliss-reactive ketones (excluding diaryl/α,β-unsaturated/α-hetero) is 2. The number of rotatable bonds is 4. The van der Waals surface area contributed by atoms with E-state index in [1.165, 1.54) is 0 Å². The van der Waals surface area contributed by atoms with Gasteiger partial charge in [0.15, 0.2) is 21.2 Å². The molecular formula is C16H12Cl4O2Te. The fraction of sp³-hybridized carbons (Fsp3) is 0.125. The molecule has 7 heteroatoms. The van der Waals surface area contributed by atoms with Crippen LogP contribution < -0.4 is 0 Å². The fourth-order valence-electron chi connectivity index (χ4n) is 1.46. The van der Waals surface area contributed by atoms with Gasteiger partial charge >= 0.3 is 0 Å². The van der Waals surface area contributed by atoms with E-state index in [0.29, 0.717) is 11.1 Å². The van der Waals surface area contributed by atoms with Crippen molar-refractivity contribution in [3.05, 3.63) is 71.8 Å². The Morgan fingerprint density at radius 2 is 0.870 bits per heavy atom. The first-order valence-electron chi connectivity index (χ1n) is 6.18. The zero-order chi connectivity index (χ0) is 16.5. The summed E-state index contributed by atoms with van der Waals surface area (Å²) in [5.41, 5.74) is 1.09. The molecule has 2 radical (unpaired) electrons. The van der Waals surface area contributed by atoms with Crippen LogP contribution in [0, 0.1) is 0 Å². The molecule has 2 rings (SSSR count). The molecule has 122 valence electrons. The number of halogens is 4. The van der Waals surface area contributed by atoms with E-state index in [4.69, 9.17) is 46.4 Å². The molecule has 0 bridgehead atoms. The maximum absolute atomic E-state index is 11.1. The summed E-state index contributed by atoms with van der Waals surface area (Å²) in [5, 5.41) is 0. The summed E-state index contributed by atoms with van der Waals surface area (Å²) in [5.74, 6) is -0.511. The first-order valence-corrected chi connectivity index (χ1v) is 7.93. The Hall–Kier alpha value is -0.270. The maximum atomic E-state index is 11.1. The summed E-state index contributed by atoms with van der Waals surface area (Å²) in [6.07, 6.45) is 0. The maximum Gasteiger partial charge on any atom is 0.195 e. The molecule has 2 aromatic rings. The molecule has 0 aliphatic carbocycles. The summed E-state index contributed by atoms with van der Waals surface area (Å²) in [6.45, 7) is 0. The minimum atomic E-state index is -0.961. The molecule has 2 nitrogen and oxygen atoms in total. The quantitative estimate of drug-likeness (QED) is 0.334. The van der Waals surface area contributed by atoms with Gasteiger partial charge in [-0.2, -0.15) is 0 Å². The molecule has 0 aliphatic heterocycles. The van der Waals surface area contributed by atoms with Crippen molar-refractivity contribution in [3.63, 3.8) is 0 Å². The van der Waals surface area contributed by atoms with Crippen LogP contribution in [0.1, 0.15) is 20.7 Å². The Balaban J connectivity index is 0.000000403. The first kappa shape index (κ1) is 22.7. The van der Waals surface area contributed by atoms with Gasteiger partial charge in [0.2, 0.25) is 0 Å². The van der Waals surface area contributed by atoms with Crippen molar-refractivity contribution >= 4 is 81.6 Å². The average molecular weight is 506 g/mol. The van der Waals surface area contributed by atoms with Gasteiger partial charge < -0.3 is 0 Å². The number of ketones is 2. The van der Waals surface area contributed by atoms with Crippen molar-refractivity contribution in [1.29, 1.82) is 0 Å². The SMILES string of the molecule is O=C(c1ccccc1)C(Cl)Cl.O=C(c1ccccc1)C(Cl)Cl.[Te]. The van der Waals surface area contributed by atoms with E-state index in [2.05, 4.69) is 0 Å². The van der Waals surface area contributed by atoms with Crippen molar-refractivity contribution in [1.82, 2.24) is 0 Å². The smallest absolute Gasteiger partial charge is 0.195 e. The Kier molecular flexibility index (Phi) is 12.0. The van der Waals surface area contributed by atoms with Crippen LogP contribution in [0.3, 0.4) is 0 Å². The van der Waals surface area contributed by atoms with Crippen LogP contribution in [0.4, 0.5) is 0 Å². The Morgan fingerprint density at radius 3 is 1.09 bits per heavy atom. The second kappa shape index (κ2) is 12.1. The van der Waals surface area contributed by atoms with Gasteiger partial charge in [-0.1, -0.05) is 107 Å². The van der Waals surface area contributed by atoms with Gasteiger partial charge in [-0.15, -0.1) is 0 Å². The molecule has 0 spiro atoms. The van der Waals surface area contributed by atoms with Gasteiger partial charge in [-0.05, 0) is 0 Å². The summed E-state index contributed by atoms with van der Waals surface area (Å²) >= 11 is 21.5. The zero-order valence-corrected chi connectivity index (χ0v) is 17.0. The van der Waals surface area contributed by atoms with E-state index < -0.39 is 9.67 Å². The molecule has 0 aromatic heterocycles. The second-order valence-electron chi connectivity index (χ2n) is 4.06. The molecule has 0 saturated carbocycles. The molecule has 0 heterocycles. The van der Waals surface area contributed by atoms with Crippen LogP contribution in [0.2, 0.25) is 0 Å². The predicted molar refractivity (Wildman–Crippen MR) is 98.3 cm³/mol. The molecule has 0 atom stereocenters. The standard InChI is InChI=1S/2C8H6Cl2O.Te/c2*9-8(10)7(11)6-4-2-1-3-5-6;/h2*1-5,8H;. The number of carbonyl (C=O) groups is 2. The van der Waals surface area contributed by atoms with Crippen molar-refractivity contribution in [2.24, 2.45) is 0 Å². The predicted octanol–water partition coefficient (Wildman–Crippen LogP) is 4.97. The number of alkyl halides is 4. The summed E-state index contributed by atoms with van der Waals surface area (Å²) in [7, 11) is 0. The summed E-state index contributed by atoms with van der Waals surface area (Å²) in [4.78, 5) is 20.2.